The van der Waals surface area contributed by atoms with Crippen LogP contribution in [0.3, 0.4) is 0 Å². The number of benzene rings is 1. The summed E-state index contributed by atoms with van der Waals surface area (Å²) in [7, 11) is -3.42. The van der Waals surface area contributed by atoms with Gasteiger partial charge in [0.25, 0.3) is 0 Å². The molecule has 1 aromatic rings. The quantitative estimate of drug-likeness (QED) is 0.686. The summed E-state index contributed by atoms with van der Waals surface area (Å²) in [6.07, 6.45) is 4.21. The van der Waals surface area contributed by atoms with Crippen LogP contribution in [0.4, 0.5) is 5.69 Å². The van der Waals surface area contributed by atoms with Gasteiger partial charge in [0.2, 0.25) is 15.9 Å². The number of hydrogen-bond donors (Lipinski definition) is 2. The number of likely N-dealkylation sites (tertiary alicyclic amines) is 1. The summed E-state index contributed by atoms with van der Waals surface area (Å²) >= 11 is 0. The first-order valence-corrected chi connectivity index (χ1v) is 11.7. The highest BCUT2D eigenvalue weighted by molar-refractivity contribution is 7.89. The lowest BCUT2D eigenvalue weighted by Gasteiger charge is -2.24. The van der Waals surface area contributed by atoms with E-state index in [9.17, 15) is 13.2 Å². The predicted molar refractivity (Wildman–Crippen MR) is 111 cm³/mol. The minimum Gasteiger partial charge on any atom is -0.325 e. The monoisotopic (exact) mass is 408 g/mol. The Hall–Kier alpha value is -1.48. The Labute approximate surface area is 168 Å². The van der Waals surface area contributed by atoms with Crippen LogP contribution in [0, 0.1) is 0 Å². The number of hydrogen-bond acceptors (Lipinski definition) is 5. The molecule has 1 amide bonds. The Morgan fingerprint density at radius 2 is 1.82 bits per heavy atom. The van der Waals surface area contributed by atoms with Crippen molar-refractivity contribution in [2.45, 2.75) is 56.5 Å². The third-order valence-electron chi connectivity index (χ3n) is 5.78. The van der Waals surface area contributed by atoms with Crippen molar-refractivity contribution in [1.82, 2.24) is 14.5 Å². The molecule has 3 rings (SSSR count). The number of nitrogens with zero attached hydrogens (tertiary/aromatic N) is 2. The van der Waals surface area contributed by atoms with Crippen LogP contribution in [0.25, 0.3) is 0 Å². The summed E-state index contributed by atoms with van der Waals surface area (Å²) in [6, 6.07) is 6.63. The van der Waals surface area contributed by atoms with E-state index in [-0.39, 0.29) is 16.8 Å². The third kappa shape index (κ3) is 4.92. The van der Waals surface area contributed by atoms with Gasteiger partial charge in [-0.15, -0.1) is 0 Å². The fourth-order valence-corrected chi connectivity index (χ4v) is 5.50. The maximum Gasteiger partial charge on any atom is 0.243 e. The van der Waals surface area contributed by atoms with E-state index in [1.165, 1.54) is 17.1 Å². The molecular formula is C20H32N4O3S. The van der Waals surface area contributed by atoms with E-state index in [1.807, 2.05) is 6.92 Å². The zero-order chi connectivity index (χ0) is 20.1. The van der Waals surface area contributed by atoms with Crippen molar-refractivity contribution in [3.63, 3.8) is 0 Å². The number of likely N-dealkylation sites (N-methyl/N-ethyl adjacent to an activating group) is 1. The summed E-state index contributed by atoms with van der Waals surface area (Å²) in [5, 5.41) is 6.19. The molecule has 2 fully saturated rings. The topological polar surface area (TPSA) is 81.8 Å². The molecule has 2 aliphatic rings. The van der Waals surface area contributed by atoms with Crippen molar-refractivity contribution in [2.75, 3.05) is 38.0 Å². The molecule has 156 valence electrons. The molecular weight excluding hydrogens is 376 g/mol. The Morgan fingerprint density at radius 1 is 1.14 bits per heavy atom. The highest BCUT2D eigenvalue weighted by atomic mass is 32.2. The summed E-state index contributed by atoms with van der Waals surface area (Å²) in [5.74, 6) is -0.115. The molecule has 0 spiro atoms. The normalized spacial score (nSPS) is 22.4. The van der Waals surface area contributed by atoms with Crippen LogP contribution in [-0.2, 0) is 14.8 Å². The van der Waals surface area contributed by atoms with Crippen molar-refractivity contribution >= 4 is 21.6 Å². The van der Waals surface area contributed by atoms with Gasteiger partial charge in [0, 0.05) is 31.4 Å². The van der Waals surface area contributed by atoms with E-state index in [2.05, 4.69) is 22.5 Å². The lowest BCUT2D eigenvalue weighted by molar-refractivity contribution is -0.117. The van der Waals surface area contributed by atoms with Crippen LogP contribution in [0.1, 0.15) is 39.5 Å². The smallest absolute Gasteiger partial charge is 0.243 e. The van der Waals surface area contributed by atoms with Crippen LogP contribution < -0.4 is 10.6 Å². The molecule has 1 aromatic carbocycles. The number of carbonyl (C=O) groups is 1. The molecule has 2 N–H and O–H groups in total. The number of nitrogens with one attached hydrogen (secondary N) is 2. The highest BCUT2D eigenvalue weighted by Crippen LogP contribution is 2.22. The van der Waals surface area contributed by atoms with Gasteiger partial charge in [-0.05, 0) is 70.0 Å². The molecule has 0 aromatic heterocycles. The van der Waals surface area contributed by atoms with Crippen molar-refractivity contribution in [1.29, 1.82) is 0 Å². The fourth-order valence-electron chi connectivity index (χ4n) is 3.99. The van der Waals surface area contributed by atoms with Gasteiger partial charge in [0.05, 0.1) is 10.9 Å². The van der Waals surface area contributed by atoms with Crippen molar-refractivity contribution < 1.29 is 13.2 Å². The van der Waals surface area contributed by atoms with Crippen LogP contribution in [0.15, 0.2) is 29.2 Å². The Bertz CT molecular complexity index is 760. The van der Waals surface area contributed by atoms with Crippen molar-refractivity contribution in [2.24, 2.45) is 0 Å². The maximum absolute atomic E-state index is 12.6. The molecule has 0 aliphatic carbocycles. The van der Waals surface area contributed by atoms with Gasteiger partial charge in [-0.2, -0.15) is 4.31 Å². The van der Waals surface area contributed by atoms with E-state index in [0.717, 1.165) is 32.5 Å². The van der Waals surface area contributed by atoms with Gasteiger partial charge in [-0.3, -0.25) is 9.69 Å². The van der Waals surface area contributed by atoms with Gasteiger partial charge in [0.1, 0.15) is 0 Å². The molecule has 2 heterocycles. The van der Waals surface area contributed by atoms with Crippen LogP contribution in [0.2, 0.25) is 0 Å². The molecule has 7 nitrogen and oxygen atoms in total. The maximum atomic E-state index is 12.6. The Balaban J connectivity index is 1.52. The standard InChI is InChI=1S/C20H32N4O3S/c1-3-23-12-6-7-18(23)15-21-16(2)20(25)22-17-8-10-19(11-9-17)28(26,27)24-13-4-5-14-24/h8-11,16,18,21H,3-7,12-15H2,1-2H3,(H,22,25)/t16-,18-/m1/s1. The molecule has 0 unspecified atom stereocenters. The number of carbonyl (C=O) groups excluding carboxylic acids is 1. The molecule has 0 saturated carbocycles. The lowest BCUT2D eigenvalue weighted by atomic mass is 10.2. The van der Waals surface area contributed by atoms with Crippen LogP contribution in [0.5, 0.6) is 0 Å². The SMILES string of the molecule is CCN1CCC[C@@H]1CN[C@H](C)C(=O)Nc1ccc(S(=O)(=O)N2CCCC2)cc1. The Kier molecular flexibility index (Phi) is 7.09. The van der Waals surface area contributed by atoms with E-state index < -0.39 is 10.0 Å². The van der Waals surface area contributed by atoms with Crippen molar-refractivity contribution in [3.05, 3.63) is 24.3 Å². The molecule has 2 atom stereocenters. The zero-order valence-corrected chi connectivity index (χ0v) is 17.7. The van der Waals surface area contributed by atoms with Gasteiger partial charge < -0.3 is 10.6 Å². The number of rotatable bonds is 8. The van der Waals surface area contributed by atoms with Gasteiger partial charge in [-0.25, -0.2) is 8.42 Å². The largest absolute Gasteiger partial charge is 0.325 e. The second-order valence-corrected chi connectivity index (χ2v) is 9.62. The molecule has 8 heteroatoms. The van der Waals surface area contributed by atoms with E-state index >= 15 is 0 Å². The van der Waals surface area contributed by atoms with Gasteiger partial charge >= 0.3 is 0 Å². The summed E-state index contributed by atoms with van der Waals surface area (Å²) in [4.78, 5) is 15.2. The first-order chi connectivity index (χ1) is 13.4. The van der Waals surface area contributed by atoms with Crippen LogP contribution in [-0.4, -0.2) is 68.3 Å². The number of anilines is 1. The first-order valence-electron chi connectivity index (χ1n) is 10.3. The molecule has 2 saturated heterocycles. The zero-order valence-electron chi connectivity index (χ0n) is 16.9. The van der Waals surface area contributed by atoms with Gasteiger partial charge in [0.15, 0.2) is 0 Å². The first kappa shape index (κ1) is 21.2. The van der Waals surface area contributed by atoms with Crippen molar-refractivity contribution in [3.8, 4) is 0 Å². The Morgan fingerprint density at radius 3 is 2.46 bits per heavy atom. The molecule has 2 aliphatic heterocycles. The fraction of sp³-hybridized carbons (Fsp3) is 0.650. The summed E-state index contributed by atoms with van der Waals surface area (Å²) in [6.45, 7) is 8.17. The third-order valence-corrected chi connectivity index (χ3v) is 7.70. The average Bonchev–Trinajstić information content (AvgIpc) is 3.38. The van der Waals surface area contributed by atoms with E-state index in [1.54, 1.807) is 24.3 Å². The summed E-state index contributed by atoms with van der Waals surface area (Å²) < 4.78 is 26.6. The minimum atomic E-state index is -3.42. The number of sulfonamides is 1. The minimum absolute atomic E-state index is 0.115. The molecule has 0 bridgehead atoms. The molecule has 0 radical (unpaired) electrons. The predicted octanol–water partition coefficient (Wildman–Crippen LogP) is 1.87. The average molecular weight is 409 g/mol. The van der Waals surface area contributed by atoms with Gasteiger partial charge in [-0.1, -0.05) is 6.92 Å². The highest BCUT2D eigenvalue weighted by Gasteiger charge is 2.27. The van der Waals surface area contributed by atoms with E-state index in [0.29, 0.717) is 24.8 Å². The lowest BCUT2D eigenvalue weighted by Crippen LogP contribution is -2.45. The van der Waals surface area contributed by atoms with Crippen LogP contribution >= 0.6 is 0 Å². The van der Waals surface area contributed by atoms with E-state index in [4.69, 9.17) is 0 Å². The second-order valence-electron chi connectivity index (χ2n) is 7.68. The second kappa shape index (κ2) is 9.35. The summed E-state index contributed by atoms with van der Waals surface area (Å²) in [5.41, 5.74) is 0.607. The number of amides is 1. The molecule has 28 heavy (non-hydrogen) atoms.